The molecule has 4 aromatic carbocycles. The van der Waals surface area contributed by atoms with Crippen molar-refractivity contribution < 1.29 is 0 Å². The van der Waals surface area contributed by atoms with Crippen LogP contribution >= 0.6 is 0 Å². The third-order valence-electron chi connectivity index (χ3n) is 5.32. The molecule has 0 nitrogen and oxygen atoms in total. The van der Waals surface area contributed by atoms with E-state index in [-0.39, 0.29) is 5.92 Å². The molecule has 0 bridgehead atoms. The summed E-state index contributed by atoms with van der Waals surface area (Å²) in [7, 11) is 0. The van der Waals surface area contributed by atoms with Gasteiger partial charge in [0, 0.05) is 11.8 Å². The van der Waals surface area contributed by atoms with Gasteiger partial charge in [-0.3, -0.25) is 0 Å². The van der Waals surface area contributed by atoms with Gasteiger partial charge in [-0.15, -0.1) is 0 Å². The van der Waals surface area contributed by atoms with Crippen LogP contribution in [0.25, 0.3) is 11.6 Å². The second-order valence-corrected chi connectivity index (χ2v) is 7.27. The van der Waals surface area contributed by atoms with Crippen LogP contribution in [0.5, 0.6) is 0 Å². The first-order valence-corrected chi connectivity index (χ1v) is 10.1. The monoisotopic (exact) mass is 373 g/mol. The van der Waals surface area contributed by atoms with Crippen LogP contribution in [0.3, 0.4) is 0 Å². The van der Waals surface area contributed by atoms with Crippen LogP contribution in [0.2, 0.25) is 0 Å². The summed E-state index contributed by atoms with van der Waals surface area (Å²) in [6.45, 7) is 2.27. The highest BCUT2D eigenvalue weighted by molar-refractivity contribution is 5.90. The molecule has 0 fully saturated rings. The van der Waals surface area contributed by atoms with Gasteiger partial charge in [-0.2, -0.15) is 0 Å². The average Bonchev–Trinajstić information content (AvgIpc) is 2.80. The number of allylic oxidation sites excluding steroid dienone is 1. The van der Waals surface area contributed by atoms with Gasteiger partial charge in [-0.25, -0.2) is 0 Å². The van der Waals surface area contributed by atoms with Crippen LogP contribution in [0.4, 0.5) is 0 Å². The maximum atomic E-state index is 2.31. The summed E-state index contributed by atoms with van der Waals surface area (Å²) < 4.78 is 0. The molecule has 1 radical (unpaired) electrons. The lowest BCUT2D eigenvalue weighted by atomic mass is 9.75. The maximum Gasteiger partial charge on any atom is 0.0193 e. The standard InChI is InChI=1S/C29H25/c1-23(29(26-18-10-4-11-19-26)27-20-12-5-13-21-27)28(25-16-8-3-9-17-25)22-24-14-6-2-7-15-24/h2-22,29H,1H3. The van der Waals surface area contributed by atoms with Crippen molar-refractivity contribution in [2.75, 3.05) is 0 Å². The van der Waals surface area contributed by atoms with Crippen molar-refractivity contribution in [2.24, 2.45) is 0 Å². The van der Waals surface area contributed by atoms with Crippen molar-refractivity contribution in [1.29, 1.82) is 0 Å². The van der Waals surface area contributed by atoms with Gasteiger partial charge >= 0.3 is 0 Å². The summed E-state index contributed by atoms with van der Waals surface area (Å²) in [6, 6.07) is 42.9. The third kappa shape index (κ3) is 4.55. The number of benzene rings is 4. The van der Waals surface area contributed by atoms with Gasteiger partial charge in [-0.1, -0.05) is 134 Å². The summed E-state index contributed by atoms with van der Waals surface area (Å²) in [4.78, 5) is 0. The lowest BCUT2D eigenvalue weighted by Gasteiger charge is -2.27. The molecule has 0 heterocycles. The van der Waals surface area contributed by atoms with Crippen LogP contribution in [-0.4, -0.2) is 0 Å². The molecule has 0 saturated carbocycles. The van der Waals surface area contributed by atoms with E-state index in [1.807, 2.05) is 0 Å². The minimum Gasteiger partial charge on any atom is -0.0622 e. The van der Waals surface area contributed by atoms with E-state index in [1.54, 1.807) is 0 Å². The Morgan fingerprint density at radius 2 is 0.966 bits per heavy atom. The largest absolute Gasteiger partial charge is 0.0622 e. The predicted molar refractivity (Wildman–Crippen MR) is 124 cm³/mol. The minimum atomic E-state index is 0.201. The molecule has 0 saturated heterocycles. The Labute approximate surface area is 174 Å². The maximum absolute atomic E-state index is 2.31. The Balaban J connectivity index is 1.85. The first-order chi connectivity index (χ1) is 14.3. The Kier molecular flexibility index (Phi) is 6.02. The minimum absolute atomic E-state index is 0.201. The summed E-state index contributed by atoms with van der Waals surface area (Å²) in [5, 5.41) is 0. The van der Waals surface area contributed by atoms with Crippen LogP contribution in [0.15, 0.2) is 121 Å². The molecule has 0 amide bonds. The van der Waals surface area contributed by atoms with Gasteiger partial charge in [-0.05, 0) is 27.8 Å². The Bertz CT molecular complexity index is 993. The van der Waals surface area contributed by atoms with Gasteiger partial charge in [0.15, 0.2) is 0 Å². The molecule has 141 valence electrons. The fourth-order valence-corrected chi connectivity index (χ4v) is 3.90. The first-order valence-electron chi connectivity index (χ1n) is 10.1. The normalized spacial score (nSPS) is 11.8. The van der Waals surface area contributed by atoms with E-state index in [0.29, 0.717) is 0 Å². The number of hydrogen-bond acceptors (Lipinski definition) is 0. The van der Waals surface area contributed by atoms with Crippen LogP contribution in [0.1, 0.15) is 35.1 Å². The second-order valence-electron chi connectivity index (χ2n) is 7.27. The molecule has 0 atom stereocenters. The molecule has 0 aliphatic carbocycles. The van der Waals surface area contributed by atoms with Gasteiger partial charge in [0.05, 0.1) is 0 Å². The third-order valence-corrected chi connectivity index (χ3v) is 5.32. The van der Waals surface area contributed by atoms with E-state index < -0.39 is 0 Å². The summed E-state index contributed by atoms with van der Waals surface area (Å²) in [5.74, 6) is 1.55. The average molecular weight is 374 g/mol. The van der Waals surface area contributed by atoms with Gasteiger partial charge < -0.3 is 0 Å². The Hall–Kier alpha value is -3.38. The number of hydrogen-bond donors (Lipinski definition) is 0. The zero-order valence-electron chi connectivity index (χ0n) is 16.7. The predicted octanol–water partition coefficient (Wildman–Crippen LogP) is 7.65. The second kappa shape index (κ2) is 9.21. The van der Waals surface area contributed by atoms with Crippen molar-refractivity contribution in [2.45, 2.75) is 12.8 Å². The Morgan fingerprint density at radius 3 is 1.45 bits per heavy atom. The highest BCUT2D eigenvalue weighted by Crippen LogP contribution is 2.42. The van der Waals surface area contributed by atoms with Crippen molar-refractivity contribution in [3.05, 3.63) is 149 Å². The van der Waals surface area contributed by atoms with Crippen molar-refractivity contribution in [3.63, 3.8) is 0 Å². The molecule has 0 spiro atoms. The van der Waals surface area contributed by atoms with E-state index in [0.717, 1.165) is 0 Å². The molecule has 0 aromatic heterocycles. The molecule has 29 heavy (non-hydrogen) atoms. The molecule has 0 aliphatic heterocycles. The van der Waals surface area contributed by atoms with Crippen LogP contribution in [-0.2, 0) is 0 Å². The fraction of sp³-hybridized carbons (Fsp3) is 0.0690. The van der Waals surface area contributed by atoms with Gasteiger partial charge in [0.2, 0.25) is 0 Å². The molecule has 0 heteroatoms. The molecule has 4 rings (SSSR count). The summed E-state index contributed by atoms with van der Waals surface area (Å²) in [5.41, 5.74) is 6.35. The summed E-state index contributed by atoms with van der Waals surface area (Å²) in [6.07, 6.45) is 2.31. The Morgan fingerprint density at radius 1 is 0.552 bits per heavy atom. The first kappa shape index (κ1) is 19.0. The molecule has 0 aliphatic rings. The van der Waals surface area contributed by atoms with Crippen LogP contribution in [0, 0.1) is 5.92 Å². The molecule has 0 unspecified atom stereocenters. The van der Waals surface area contributed by atoms with Crippen molar-refractivity contribution in [3.8, 4) is 0 Å². The lowest BCUT2D eigenvalue weighted by Crippen LogP contribution is -2.12. The smallest absolute Gasteiger partial charge is 0.0193 e. The highest BCUT2D eigenvalue weighted by Gasteiger charge is 2.25. The zero-order valence-corrected chi connectivity index (χ0v) is 16.7. The van der Waals surface area contributed by atoms with E-state index in [9.17, 15) is 0 Å². The van der Waals surface area contributed by atoms with Gasteiger partial charge in [0.1, 0.15) is 0 Å². The van der Waals surface area contributed by atoms with Gasteiger partial charge in [0.25, 0.3) is 0 Å². The molecule has 0 N–H and O–H groups in total. The van der Waals surface area contributed by atoms with E-state index >= 15 is 0 Å². The highest BCUT2D eigenvalue weighted by atomic mass is 14.3. The SMILES string of the molecule is C[C](C(=Cc1ccccc1)c1ccccc1)C(c1ccccc1)c1ccccc1. The zero-order chi connectivity index (χ0) is 19.9. The molecular weight excluding hydrogens is 348 g/mol. The fourth-order valence-electron chi connectivity index (χ4n) is 3.90. The van der Waals surface area contributed by atoms with Crippen molar-refractivity contribution in [1.82, 2.24) is 0 Å². The lowest BCUT2D eigenvalue weighted by molar-refractivity contribution is 0.873. The number of rotatable bonds is 6. The molecule has 4 aromatic rings. The summed E-state index contributed by atoms with van der Waals surface area (Å²) >= 11 is 0. The molecular formula is C29H25. The van der Waals surface area contributed by atoms with Crippen LogP contribution < -0.4 is 0 Å². The van der Waals surface area contributed by atoms with E-state index in [4.69, 9.17) is 0 Å². The topological polar surface area (TPSA) is 0 Å². The van der Waals surface area contributed by atoms with E-state index in [1.165, 1.54) is 33.7 Å². The van der Waals surface area contributed by atoms with E-state index in [2.05, 4.69) is 134 Å². The van der Waals surface area contributed by atoms with Crippen molar-refractivity contribution >= 4 is 11.6 Å². The quantitative estimate of drug-likeness (QED) is 0.304.